The summed E-state index contributed by atoms with van der Waals surface area (Å²) in [7, 11) is 0. The first-order chi connectivity index (χ1) is 14.4. The van der Waals surface area contributed by atoms with Gasteiger partial charge in [-0.15, -0.1) is 0 Å². The summed E-state index contributed by atoms with van der Waals surface area (Å²) >= 11 is 0. The van der Waals surface area contributed by atoms with Crippen LogP contribution in [0.5, 0.6) is 11.5 Å². The largest absolute Gasteiger partial charge is 0.486 e. The van der Waals surface area contributed by atoms with Crippen LogP contribution >= 0.6 is 0 Å². The van der Waals surface area contributed by atoms with Crippen molar-refractivity contribution >= 4 is 5.69 Å². The molecule has 1 atom stereocenters. The van der Waals surface area contributed by atoms with Gasteiger partial charge in [0.1, 0.15) is 13.2 Å². The van der Waals surface area contributed by atoms with Gasteiger partial charge in [-0.3, -0.25) is 4.90 Å². The second-order valence-corrected chi connectivity index (χ2v) is 8.56. The molecule has 0 N–H and O–H groups in total. The Kier molecular flexibility index (Phi) is 5.62. The second-order valence-electron chi connectivity index (χ2n) is 8.56. The molecule has 0 aromatic heterocycles. The SMILES string of the molecule is c1ccc2c(c1)CCC2CCCCN1CCN(c2cccc3c2OCCO3)CC1. The van der Waals surface area contributed by atoms with E-state index in [-0.39, 0.29) is 0 Å². The molecular weight excluding hydrogens is 360 g/mol. The highest BCUT2D eigenvalue weighted by Crippen LogP contribution is 2.40. The average Bonchev–Trinajstić information content (AvgIpc) is 3.20. The summed E-state index contributed by atoms with van der Waals surface area (Å²) in [5.41, 5.74) is 4.41. The van der Waals surface area contributed by atoms with Gasteiger partial charge in [-0.1, -0.05) is 36.8 Å². The van der Waals surface area contributed by atoms with Crippen molar-refractivity contribution in [3.05, 3.63) is 53.6 Å². The number of ether oxygens (including phenoxy) is 2. The zero-order chi connectivity index (χ0) is 19.5. The van der Waals surface area contributed by atoms with Crippen LogP contribution < -0.4 is 14.4 Å². The van der Waals surface area contributed by atoms with Crippen molar-refractivity contribution in [1.82, 2.24) is 4.90 Å². The fourth-order valence-electron chi connectivity index (χ4n) is 5.19. The zero-order valence-corrected chi connectivity index (χ0v) is 17.3. The molecule has 2 aromatic rings. The van der Waals surface area contributed by atoms with Crippen LogP contribution in [-0.4, -0.2) is 50.8 Å². The molecule has 29 heavy (non-hydrogen) atoms. The molecule has 2 heterocycles. The van der Waals surface area contributed by atoms with Gasteiger partial charge in [0.2, 0.25) is 0 Å². The van der Waals surface area contributed by atoms with Crippen molar-refractivity contribution in [3.8, 4) is 11.5 Å². The lowest BCUT2D eigenvalue weighted by Crippen LogP contribution is -2.46. The fourth-order valence-corrected chi connectivity index (χ4v) is 5.19. The van der Waals surface area contributed by atoms with Crippen LogP contribution in [0.15, 0.2) is 42.5 Å². The first kappa shape index (κ1) is 18.8. The number of benzene rings is 2. The molecule has 0 radical (unpaired) electrons. The Morgan fingerprint density at radius 1 is 0.862 bits per heavy atom. The maximum atomic E-state index is 5.91. The molecule has 0 saturated carbocycles. The highest BCUT2D eigenvalue weighted by Gasteiger charge is 2.24. The molecule has 1 saturated heterocycles. The normalized spacial score (nSPS) is 21.2. The van der Waals surface area contributed by atoms with E-state index in [0.717, 1.165) is 43.6 Å². The summed E-state index contributed by atoms with van der Waals surface area (Å²) in [5, 5.41) is 0. The van der Waals surface area contributed by atoms with Gasteiger partial charge in [0.15, 0.2) is 11.5 Å². The number of para-hydroxylation sites is 1. The third-order valence-corrected chi connectivity index (χ3v) is 6.79. The number of anilines is 1. The first-order valence-electron chi connectivity index (χ1n) is 11.3. The summed E-state index contributed by atoms with van der Waals surface area (Å²) in [6.45, 7) is 6.93. The number of rotatable bonds is 6. The van der Waals surface area contributed by atoms with Crippen molar-refractivity contribution in [2.75, 3.05) is 50.8 Å². The molecule has 2 aromatic carbocycles. The lowest BCUT2D eigenvalue weighted by atomic mass is 9.95. The average molecular weight is 393 g/mol. The van der Waals surface area contributed by atoms with E-state index >= 15 is 0 Å². The monoisotopic (exact) mass is 392 g/mol. The maximum Gasteiger partial charge on any atom is 0.184 e. The minimum atomic E-state index is 0.648. The summed E-state index contributed by atoms with van der Waals surface area (Å²) in [5.74, 6) is 2.63. The van der Waals surface area contributed by atoms with Crippen molar-refractivity contribution < 1.29 is 9.47 Å². The minimum absolute atomic E-state index is 0.648. The Labute approximate surface area is 174 Å². The molecule has 1 fully saturated rings. The van der Waals surface area contributed by atoms with Crippen molar-refractivity contribution in [1.29, 1.82) is 0 Å². The van der Waals surface area contributed by atoms with Crippen molar-refractivity contribution in [3.63, 3.8) is 0 Å². The number of unbranched alkanes of at least 4 members (excludes halogenated alkanes) is 1. The predicted octanol–water partition coefficient (Wildman–Crippen LogP) is 4.48. The maximum absolute atomic E-state index is 5.91. The van der Waals surface area contributed by atoms with E-state index < -0.39 is 0 Å². The van der Waals surface area contributed by atoms with E-state index in [1.165, 1.54) is 44.3 Å². The van der Waals surface area contributed by atoms with Gasteiger partial charge < -0.3 is 14.4 Å². The molecule has 4 nitrogen and oxygen atoms in total. The van der Waals surface area contributed by atoms with Gasteiger partial charge in [-0.05, 0) is 61.4 Å². The first-order valence-corrected chi connectivity index (χ1v) is 11.3. The lowest BCUT2D eigenvalue weighted by molar-refractivity contribution is 0.171. The molecule has 4 heteroatoms. The third-order valence-electron chi connectivity index (χ3n) is 6.79. The number of nitrogens with zero attached hydrogens (tertiary/aromatic N) is 2. The third kappa shape index (κ3) is 4.09. The molecule has 0 bridgehead atoms. The van der Waals surface area contributed by atoms with Gasteiger partial charge in [-0.25, -0.2) is 0 Å². The van der Waals surface area contributed by atoms with Gasteiger partial charge in [0, 0.05) is 26.2 Å². The van der Waals surface area contributed by atoms with Crippen LogP contribution in [0.1, 0.15) is 42.7 Å². The molecule has 3 aliphatic rings. The summed E-state index contributed by atoms with van der Waals surface area (Å²) in [6.07, 6.45) is 6.64. The van der Waals surface area contributed by atoms with E-state index in [1.54, 1.807) is 11.1 Å². The fraction of sp³-hybridized carbons (Fsp3) is 0.520. The molecule has 0 amide bonds. The van der Waals surface area contributed by atoms with Crippen LogP contribution in [0, 0.1) is 0 Å². The number of hydrogen-bond donors (Lipinski definition) is 0. The van der Waals surface area contributed by atoms with Crippen LogP contribution in [0.2, 0.25) is 0 Å². The van der Waals surface area contributed by atoms with Crippen LogP contribution in [0.25, 0.3) is 0 Å². The highest BCUT2D eigenvalue weighted by atomic mass is 16.6. The van der Waals surface area contributed by atoms with Crippen molar-refractivity contribution in [2.45, 2.75) is 38.0 Å². The summed E-state index contributed by atoms with van der Waals surface area (Å²) in [6, 6.07) is 15.3. The van der Waals surface area contributed by atoms with Crippen LogP contribution in [0.4, 0.5) is 5.69 Å². The van der Waals surface area contributed by atoms with Crippen LogP contribution in [-0.2, 0) is 6.42 Å². The number of fused-ring (bicyclic) bond motifs is 2. The van der Waals surface area contributed by atoms with Gasteiger partial charge in [-0.2, -0.15) is 0 Å². The molecule has 2 aliphatic heterocycles. The summed E-state index contributed by atoms with van der Waals surface area (Å²) in [4.78, 5) is 5.09. The molecule has 5 rings (SSSR count). The smallest absolute Gasteiger partial charge is 0.184 e. The topological polar surface area (TPSA) is 24.9 Å². The van der Waals surface area contributed by atoms with Gasteiger partial charge in [0.25, 0.3) is 0 Å². The molecular formula is C25H32N2O2. The van der Waals surface area contributed by atoms with Crippen molar-refractivity contribution in [2.24, 2.45) is 0 Å². The Morgan fingerprint density at radius 2 is 1.72 bits per heavy atom. The van der Waals surface area contributed by atoms with E-state index in [9.17, 15) is 0 Å². The van der Waals surface area contributed by atoms with E-state index in [2.05, 4.69) is 46.2 Å². The Balaban J connectivity index is 1.07. The van der Waals surface area contributed by atoms with Gasteiger partial charge >= 0.3 is 0 Å². The quantitative estimate of drug-likeness (QED) is 0.677. The summed E-state index contributed by atoms with van der Waals surface area (Å²) < 4.78 is 11.7. The lowest BCUT2D eigenvalue weighted by Gasteiger charge is -2.37. The molecule has 1 unspecified atom stereocenters. The molecule has 0 spiro atoms. The number of hydrogen-bond acceptors (Lipinski definition) is 4. The second kappa shape index (κ2) is 8.66. The van der Waals surface area contributed by atoms with E-state index in [1.807, 2.05) is 6.07 Å². The Bertz CT molecular complexity index is 829. The van der Waals surface area contributed by atoms with Gasteiger partial charge in [0.05, 0.1) is 5.69 Å². The van der Waals surface area contributed by atoms with E-state index in [4.69, 9.17) is 9.47 Å². The van der Waals surface area contributed by atoms with Crippen LogP contribution in [0.3, 0.4) is 0 Å². The zero-order valence-electron chi connectivity index (χ0n) is 17.3. The predicted molar refractivity (Wildman–Crippen MR) is 117 cm³/mol. The molecule has 1 aliphatic carbocycles. The standard InChI is InChI=1S/C25H32N2O2/c1-2-8-22-20(6-1)11-12-21(22)7-3-4-13-26-14-16-27(17-15-26)23-9-5-10-24-25(23)29-19-18-28-24/h1-2,5-6,8-10,21H,3-4,7,11-19H2. The Morgan fingerprint density at radius 3 is 2.66 bits per heavy atom. The molecule has 154 valence electrons. The Hall–Kier alpha value is -2.20. The number of piperazine rings is 1. The number of aryl methyl sites for hydroxylation is 1. The van der Waals surface area contributed by atoms with E-state index in [0.29, 0.717) is 13.2 Å². The highest BCUT2D eigenvalue weighted by molar-refractivity contribution is 5.65. The minimum Gasteiger partial charge on any atom is -0.486 e.